The molecule has 1 aromatic heterocycles. The second-order valence-corrected chi connectivity index (χ2v) is 3.95. The summed E-state index contributed by atoms with van der Waals surface area (Å²) in [7, 11) is 0. The van der Waals surface area contributed by atoms with Crippen molar-refractivity contribution in [2.24, 2.45) is 0 Å². The number of carboxylic acids is 1. The van der Waals surface area contributed by atoms with E-state index in [-0.39, 0.29) is 22.9 Å². The second-order valence-electron chi connectivity index (χ2n) is 2.89. The van der Waals surface area contributed by atoms with Crippen molar-refractivity contribution >= 4 is 17.3 Å². The van der Waals surface area contributed by atoms with Crippen molar-refractivity contribution in [2.45, 2.75) is 18.6 Å². The van der Waals surface area contributed by atoms with Gasteiger partial charge >= 0.3 is 5.97 Å². The third kappa shape index (κ3) is 2.96. The second kappa shape index (κ2) is 5.17. The van der Waals surface area contributed by atoms with Crippen LogP contribution in [0.3, 0.4) is 0 Å². The lowest BCUT2D eigenvalue weighted by Gasteiger charge is -2.13. The first-order valence-electron chi connectivity index (χ1n) is 4.22. The number of aromatic nitrogens is 1. The van der Waals surface area contributed by atoms with Gasteiger partial charge in [0.1, 0.15) is 16.0 Å². The van der Waals surface area contributed by atoms with Crippen molar-refractivity contribution in [2.75, 3.05) is 6.61 Å². The van der Waals surface area contributed by atoms with Gasteiger partial charge in [-0.15, -0.1) is 11.3 Å². The molecule has 2 unspecified atom stereocenters. The molecule has 0 aliphatic heterocycles. The Labute approximate surface area is 89.5 Å². The molecule has 0 aliphatic carbocycles. The Morgan fingerprint density at radius 3 is 2.67 bits per heavy atom. The summed E-state index contributed by atoms with van der Waals surface area (Å²) >= 11 is 0.801. The number of aromatic carboxylic acids is 1. The molecule has 7 heteroatoms. The first-order valence-corrected chi connectivity index (χ1v) is 5.04. The van der Waals surface area contributed by atoms with Crippen LogP contribution in [0.2, 0.25) is 0 Å². The Kier molecular flexibility index (Phi) is 4.15. The SMILES string of the molecule is O=C(O)c1cnc(C(O)C(O)CCO)s1. The monoisotopic (exact) mass is 233 g/mol. The number of hydrogen-bond acceptors (Lipinski definition) is 6. The van der Waals surface area contributed by atoms with E-state index in [9.17, 15) is 15.0 Å². The summed E-state index contributed by atoms with van der Waals surface area (Å²) in [5, 5.41) is 36.1. The fourth-order valence-electron chi connectivity index (χ4n) is 0.978. The van der Waals surface area contributed by atoms with Crippen LogP contribution >= 0.6 is 11.3 Å². The Balaban J connectivity index is 2.73. The van der Waals surface area contributed by atoms with Crippen LogP contribution in [0.1, 0.15) is 27.2 Å². The number of aliphatic hydroxyl groups is 3. The first kappa shape index (κ1) is 12.1. The minimum absolute atomic E-state index is 0.000230. The Morgan fingerprint density at radius 1 is 1.53 bits per heavy atom. The maximum absolute atomic E-state index is 10.5. The molecule has 4 N–H and O–H groups in total. The fourth-order valence-corrected chi connectivity index (χ4v) is 1.78. The molecular weight excluding hydrogens is 222 g/mol. The highest BCUT2D eigenvalue weighted by Gasteiger charge is 2.22. The van der Waals surface area contributed by atoms with Crippen molar-refractivity contribution in [1.82, 2.24) is 4.98 Å². The molecule has 84 valence electrons. The van der Waals surface area contributed by atoms with Gasteiger partial charge in [-0.2, -0.15) is 0 Å². The molecule has 6 nitrogen and oxygen atoms in total. The molecule has 0 aromatic carbocycles. The number of thiazole rings is 1. The average Bonchev–Trinajstić information content (AvgIpc) is 2.65. The highest BCUT2D eigenvalue weighted by molar-refractivity contribution is 7.13. The van der Waals surface area contributed by atoms with Crippen molar-refractivity contribution in [3.63, 3.8) is 0 Å². The lowest BCUT2D eigenvalue weighted by molar-refractivity contribution is 0.00411. The van der Waals surface area contributed by atoms with Gasteiger partial charge in [-0.05, 0) is 6.42 Å². The Bertz CT molecular complexity index is 340. The largest absolute Gasteiger partial charge is 0.477 e. The standard InChI is InChI=1S/C8H11NO5S/c10-2-1-4(11)6(12)7-9-3-5(15-7)8(13)14/h3-4,6,10-12H,1-2H2,(H,13,14). The van der Waals surface area contributed by atoms with Crippen LogP contribution in [0.5, 0.6) is 0 Å². The zero-order chi connectivity index (χ0) is 11.4. The highest BCUT2D eigenvalue weighted by atomic mass is 32.1. The lowest BCUT2D eigenvalue weighted by Crippen LogP contribution is -2.19. The first-order chi connectivity index (χ1) is 7.06. The van der Waals surface area contributed by atoms with Gasteiger partial charge in [-0.3, -0.25) is 0 Å². The molecule has 0 saturated heterocycles. The van der Waals surface area contributed by atoms with Crippen molar-refractivity contribution in [1.29, 1.82) is 0 Å². The van der Waals surface area contributed by atoms with Crippen LogP contribution in [0.15, 0.2) is 6.20 Å². The number of aliphatic hydroxyl groups excluding tert-OH is 3. The minimum atomic E-state index is -1.25. The van der Waals surface area contributed by atoms with Gasteiger partial charge in [0, 0.05) is 6.61 Å². The molecule has 0 fully saturated rings. The van der Waals surface area contributed by atoms with Crippen LogP contribution < -0.4 is 0 Å². The molecule has 15 heavy (non-hydrogen) atoms. The molecular formula is C8H11NO5S. The van der Waals surface area contributed by atoms with E-state index in [1.807, 2.05) is 0 Å². The Hall–Kier alpha value is -1.02. The molecule has 0 radical (unpaired) electrons. The maximum Gasteiger partial charge on any atom is 0.347 e. The third-order valence-electron chi connectivity index (χ3n) is 1.78. The van der Waals surface area contributed by atoms with Gasteiger partial charge in [0.05, 0.1) is 12.3 Å². The van der Waals surface area contributed by atoms with Crippen molar-refractivity contribution in [3.8, 4) is 0 Å². The van der Waals surface area contributed by atoms with Gasteiger partial charge in [-0.1, -0.05) is 0 Å². The van der Waals surface area contributed by atoms with Gasteiger partial charge in [-0.25, -0.2) is 9.78 Å². The van der Waals surface area contributed by atoms with E-state index < -0.39 is 18.2 Å². The summed E-state index contributed by atoms with van der Waals surface area (Å²) in [6.07, 6.45) is -1.25. The average molecular weight is 233 g/mol. The number of hydrogen-bond donors (Lipinski definition) is 4. The molecule has 0 bridgehead atoms. The normalized spacial score (nSPS) is 14.9. The van der Waals surface area contributed by atoms with Crippen LogP contribution in [-0.2, 0) is 0 Å². The number of rotatable bonds is 5. The predicted molar refractivity (Wildman–Crippen MR) is 51.7 cm³/mol. The van der Waals surface area contributed by atoms with E-state index in [4.69, 9.17) is 10.2 Å². The molecule has 1 aromatic rings. The van der Waals surface area contributed by atoms with Gasteiger partial charge in [0.2, 0.25) is 0 Å². The van der Waals surface area contributed by atoms with Crippen molar-refractivity contribution < 1.29 is 25.2 Å². The van der Waals surface area contributed by atoms with Crippen LogP contribution in [-0.4, -0.2) is 44.1 Å². The summed E-state index contributed by atoms with van der Waals surface area (Å²) in [5.41, 5.74) is 0. The molecule has 1 heterocycles. The van der Waals surface area contributed by atoms with E-state index in [0.29, 0.717) is 0 Å². The molecule has 0 aliphatic rings. The summed E-state index contributed by atoms with van der Waals surface area (Å²) < 4.78 is 0. The zero-order valence-corrected chi connectivity index (χ0v) is 8.52. The summed E-state index contributed by atoms with van der Waals surface area (Å²) in [6, 6.07) is 0. The van der Waals surface area contributed by atoms with Crippen LogP contribution in [0, 0.1) is 0 Å². The molecule has 0 amide bonds. The number of carboxylic acid groups (broad SMARTS) is 1. The quantitative estimate of drug-likeness (QED) is 0.551. The number of nitrogens with zero attached hydrogens (tertiary/aromatic N) is 1. The highest BCUT2D eigenvalue weighted by Crippen LogP contribution is 2.23. The minimum Gasteiger partial charge on any atom is -0.477 e. The van der Waals surface area contributed by atoms with Gasteiger partial charge in [0.25, 0.3) is 0 Å². The fraction of sp³-hybridized carbons (Fsp3) is 0.500. The predicted octanol–water partition coefficient (Wildman–Crippen LogP) is -0.382. The summed E-state index contributed by atoms with van der Waals surface area (Å²) in [4.78, 5) is 14.2. The lowest BCUT2D eigenvalue weighted by atomic mass is 10.1. The smallest absolute Gasteiger partial charge is 0.347 e. The van der Waals surface area contributed by atoms with Crippen LogP contribution in [0.4, 0.5) is 0 Å². The third-order valence-corrected chi connectivity index (χ3v) is 2.83. The summed E-state index contributed by atoms with van der Waals surface area (Å²) in [5.74, 6) is -1.12. The van der Waals surface area contributed by atoms with Crippen LogP contribution in [0.25, 0.3) is 0 Å². The molecule has 2 atom stereocenters. The summed E-state index contributed by atoms with van der Waals surface area (Å²) in [6.45, 7) is -0.255. The van der Waals surface area contributed by atoms with E-state index >= 15 is 0 Å². The molecule has 1 rings (SSSR count). The zero-order valence-electron chi connectivity index (χ0n) is 7.70. The molecule has 0 spiro atoms. The van der Waals surface area contributed by atoms with Crippen molar-refractivity contribution in [3.05, 3.63) is 16.1 Å². The van der Waals surface area contributed by atoms with E-state index in [1.165, 1.54) is 0 Å². The number of carbonyl (C=O) groups is 1. The topological polar surface area (TPSA) is 111 Å². The van der Waals surface area contributed by atoms with Gasteiger partial charge < -0.3 is 20.4 Å². The van der Waals surface area contributed by atoms with E-state index in [0.717, 1.165) is 17.5 Å². The molecule has 0 saturated carbocycles. The van der Waals surface area contributed by atoms with E-state index in [2.05, 4.69) is 4.98 Å². The van der Waals surface area contributed by atoms with Gasteiger partial charge in [0.15, 0.2) is 0 Å². The Morgan fingerprint density at radius 2 is 2.20 bits per heavy atom. The van der Waals surface area contributed by atoms with E-state index in [1.54, 1.807) is 0 Å². The maximum atomic E-state index is 10.5.